The number of carbonyl (C=O) groups is 1. The topological polar surface area (TPSA) is 62.7 Å². The molecule has 2 N–H and O–H groups in total. The van der Waals surface area contributed by atoms with Gasteiger partial charge in [0.2, 0.25) is 0 Å². The molecule has 0 spiro atoms. The second kappa shape index (κ2) is 4.43. The van der Waals surface area contributed by atoms with E-state index in [1.807, 2.05) is 6.92 Å². The third kappa shape index (κ3) is 2.16. The Labute approximate surface area is 108 Å². The average molecular weight is 273 g/mol. The monoisotopic (exact) mass is 272 g/mol. The fraction of sp³-hybridized carbons (Fsp3) is 0.200. The highest BCUT2D eigenvalue weighted by atomic mass is 35.5. The van der Waals surface area contributed by atoms with Crippen molar-refractivity contribution in [2.24, 2.45) is 7.05 Å². The maximum Gasteiger partial charge on any atom is 0.273 e. The molecule has 7 heteroatoms. The molecular formula is C10H10Cl2N4O. The summed E-state index contributed by atoms with van der Waals surface area (Å²) in [5.41, 5.74) is 1.23. The second-order valence-corrected chi connectivity index (χ2v) is 4.37. The number of anilines is 1. The molecule has 5 nitrogen and oxygen atoms in total. The highest BCUT2D eigenvalue weighted by Crippen LogP contribution is 2.25. The van der Waals surface area contributed by atoms with Crippen LogP contribution in [0.1, 0.15) is 16.1 Å². The summed E-state index contributed by atoms with van der Waals surface area (Å²) in [6.07, 6.45) is 1.63. The molecule has 0 saturated heterocycles. The zero-order valence-electron chi connectivity index (χ0n) is 9.21. The summed E-state index contributed by atoms with van der Waals surface area (Å²) < 4.78 is 1.52. The highest BCUT2D eigenvalue weighted by Gasteiger charge is 2.16. The van der Waals surface area contributed by atoms with Crippen molar-refractivity contribution in [3.05, 3.63) is 33.7 Å². The van der Waals surface area contributed by atoms with Gasteiger partial charge in [0.05, 0.1) is 11.2 Å². The van der Waals surface area contributed by atoms with Gasteiger partial charge in [-0.25, -0.2) is 0 Å². The molecule has 2 heterocycles. The minimum atomic E-state index is -0.298. The maximum absolute atomic E-state index is 12.0. The van der Waals surface area contributed by atoms with Crippen LogP contribution in [-0.2, 0) is 7.05 Å². The Hall–Kier alpha value is -1.46. The number of hydrogen-bond donors (Lipinski definition) is 2. The van der Waals surface area contributed by atoms with E-state index in [1.165, 1.54) is 10.6 Å². The number of aryl methyl sites for hydroxylation is 1. The first-order chi connectivity index (χ1) is 8.00. The van der Waals surface area contributed by atoms with Gasteiger partial charge >= 0.3 is 0 Å². The molecule has 0 fully saturated rings. The molecule has 0 aromatic carbocycles. The fourth-order valence-electron chi connectivity index (χ4n) is 1.41. The Morgan fingerprint density at radius 2 is 2.24 bits per heavy atom. The van der Waals surface area contributed by atoms with Crippen LogP contribution in [0.4, 0.5) is 5.82 Å². The third-order valence-corrected chi connectivity index (χ3v) is 3.26. The van der Waals surface area contributed by atoms with E-state index in [4.69, 9.17) is 23.2 Å². The lowest BCUT2D eigenvalue weighted by Crippen LogP contribution is -2.16. The Bertz CT molecular complexity index is 573. The Morgan fingerprint density at radius 1 is 1.53 bits per heavy atom. The number of nitrogens with zero attached hydrogens (tertiary/aromatic N) is 2. The SMILES string of the molecule is Cc1cn[nH]c1NC(=O)c1cc(Cl)c(Cl)n1C. The summed E-state index contributed by atoms with van der Waals surface area (Å²) in [6.45, 7) is 1.84. The summed E-state index contributed by atoms with van der Waals surface area (Å²) in [5, 5.41) is 9.88. The zero-order valence-corrected chi connectivity index (χ0v) is 10.7. The standard InChI is InChI=1S/C10H10Cl2N4O/c1-5-4-13-15-9(5)14-10(17)7-3-6(11)8(12)16(7)2/h3-4H,1-2H3,(H2,13,14,15,17). The van der Waals surface area contributed by atoms with E-state index >= 15 is 0 Å². The van der Waals surface area contributed by atoms with Gasteiger partial charge in [0.1, 0.15) is 16.7 Å². The molecular weight excluding hydrogens is 263 g/mol. The average Bonchev–Trinajstić information content (AvgIpc) is 2.79. The Morgan fingerprint density at radius 3 is 2.71 bits per heavy atom. The molecule has 0 radical (unpaired) electrons. The number of rotatable bonds is 2. The maximum atomic E-state index is 12.0. The number of aromatic nitrogens is 3. The van der Waals surface area contributed by atoms with E-state index < -0.39 is 0 Å². The molecule has 17 heavy (non-hydrogen) atoms. The Balaban J connectivity index is 2.26. The quantitative estimate of drug-likeness (QED) is 0.883. The number of halogens is 2. The molecule has 0 unspecified atom stereocenters. The molecule has 0 atom stereocenters. The van der Waals surface area contributed by atoms with Crippen LogP contribution in [0.25, 0.3) is 0 Å². The molecule has 2 aromatic rings. The van der Waals surface area contributed by atoms with Crippen LogP contribution in [0.15, 0.2) is 12.3 Å². The number of amides is 1. The van der Waals surface area contributed by atoms with Crippen LogP contribution in [-0.4, -0.2) is 20.7 Å². The van der Waals surface area contributed by atoms with E-state index in [0.29, 0.717) is 21.7 Å². The molecule has 90 valence electrons. The van der Waals surface area contributed by atoms with E-state index in [-0.39, 0.29) is 5.91 Å². The van der Waals surface area contributed by atoms with Gasteiger partial charge in [-0.15, -0.1) is 0 Å². The van der Waals surface area contributed by atoms with E-state index in [0.717, 1.165) is 5.56 Å². The molecule has 0 bridgehead atoms. The predicted molar refractivity (Wildman–Crippen MR) is 66.7 cm³/mol. The first kappa shape index (κ1) is 12.0. The lowest BCUT2D eigenvalue weighted by Gasteiger charge is -2.05. The van der Waals surface area contributed by atoms with Gasteiger partial charge in [-0.3, -0.25) is 9.89 Å². The minimum absolute atomic E-state index is 0.298. The largest absolute Gasteiger partial charge is 0.329 e. The van der Waals surface area contributed by atoms with Gasteiger partial charge < -0.3 is 9.88 Å². The lowest BCUT2D eigenvalue weighted by molar-refractivity contribution is 0.101. The number of aromatic amines is 1. The first-order valence-electron chi connectivity index (χ1n) is 4.82. The van der Waals surface area contributed by atoms with Crippen LogP contribution in [0, 0.1) is 6.92 Å². The van der Waals surface area contributed by atoms with E-state index in [9.17, 15) is 4.79 Å². The number of hydrogen-bond acceptors (Lipinski definition) is 2. The second-order valence-electron chi connectivity index (χ2n) is 3.61. The van der Waals surface area contributed by atoms with Gasteiger partial charge in [0.25, 0.3) is 5.91 Å². The van der Waals surface area contributed by atoms with Gasteiger partial charge in [0.15, 0.2) is 0 Å². The number of carbonyl (C=O) groups excluding carboxylic acids is 1. The van der Waals surface area contributed by atoms with Crippen molar-refractivity contribution in [2.75, 3.05) is 5.32 Å². The van der Waals surface area contributed by atoms with Gasteiger partial charge in [0, 0.05) is 12.6 Å². The normalized spacial score (nSPS) is 10.6. The summed E-state index contributed by atoms with van der Waals surface area (Å²) in [6, 6.07) is 1.52. The summed E-state index contributed by atoms with van der Waals surface area (Å²) in [7, 11) is 1.67. The molecule has 2 aromatic heterocycles. The van der Waals surface area contributed by atoms with Crippen LogP contribution in [0.3, 0.4) is 0 Å². The smallest absolute Gasteiger partial charge is 0.273 e. The first-order valence-corrected chi connectivity index (χ1v) is 5.58. The lowest BCUT2D eigenvalue weighted by atomic mass is 10.3. The minimum Gasteiger partial charge on any atom is -0.329 e. The van der Waals surface area contributed by atoms with Crippen molar-refractivity contribution in [1.82, 2.24) is 14.8 Å². The third-order valence-electron chi connectivity index (χ3n) is 2.42. The van der Waals surface area contributed by atoms with Crippen molar-refractivity contribution < 1.29 is 4.79 Å². The summed E-state index contributed by atoms with van der Waals surface area (Å²) in [4.78, 5) is 12.0. The molecule has 2 rings (SSSR count). The molecule has 0 aliphatic heterocycles. The van der Waals surface area contributed by atoms with Crippen molar-refractivity contribution >= 4 is 34.9 Å². The van der Waals surface area contributed by atoms with Gasteiger partial charge in [-0.05, 0) is 13.0 Å². The Kier molecular flexibility index (Phi) is 3.13. The zero-order chi connectivity index (χ0) is 12.6. The van der Waals surface area contributed by atoms with E-state index in [1.54, 1.807) is 13.2 Å². The highest BCUT2D eigenvalue weighted by molar-refractivity contribution is 6.42. The van der Waals surface area contributed by atoms with Gasteiger partial charge in [-0.2, -0.15) is 5.10 Å². The molecule has 0 aliphatic carbocycles. The van der Waals surface area contributed by atoms with Crippen molar-refractivity contribution in [1.29, 1.82) is 0 Å². The summed E-state index contributed by atoms with van der Waals surface area (Å²) in [5.74, 6) is 0.261. The summed E-state index contributed by atoms with van der Waals surface area (Å²) >= 11 is 11.7. The fourth-order valence-corrected chi connectivity index (χ4v) is 1.79. The van der Waals surface area contributed by atoms with Crippen LogP contribution >= 0.6 is 23.2 Å². The van der Waals surface area contributed by atoms with Crippen molar-refractivity contribution in [3.8, 4) is 0 Å². The molecule has 0 aliphatic rings. The van der Waals surface area contributed by atoms with Crippen LogP contribution in [0.2, 0.25) is 10.2 Å². The van der Waals surface area contributed by atoms with Crippen molar-refractivity contribution in [2.45, 2.75) is 6.92 Å². The number of H-pyrrole nitrogens is 1. The van der Waals surface area contributed by atoms with Crippen LogP contribution in [0.5, 0.6) is 0 Å². The van der Waals surface area contributed by atoms with E-state index in [2.05, 4.69) is 15.5 Å². The molecule has 0 saturated carbocycles. The predicted octanol–water partition coefficient (Wildman–Crippen LogP) is 2.62. The molecule has 1 amide bonds. The van der Waals surface area contributed by atoms with Crippen LogP contribution < -0.4 is 5.32 Å². The van der Waals surface area contributed by atoms with Crippen molar-refractivity contribution in [3.63, 3.8) is 0 Å². The number of nitrogens with one attached hydrogen (secondary N) is 2. The van der Waals surface area contributed by atoms with Gasteiger partial charge in [-0.1, -0.05) is 23.2 Å².